The Balaban J connectivity index is 2.20. The molecule has 128 valence electrons. The lowest BCUT2D eigenvalue weighted by Crippen LogP contribution is -2.47. The van der Waals surface area contributed by atoms with Gasteiger partial charge in [0.05, 0.1) is 17.4 Å². The van der Waals surface area contributed by atoms with E-state index in [-0.39, 0.29) is 16.2 Å². The van der Waals surface area contributed by atoms with Crippen LogP contribution in [0.4, 0.5) is 0 Å². The molecule has 1 N–H and O–H groups in total. The van der Waals surface area contributed by atoms with Crippen molar-refractivity contribution in [3.8, 4) is 0 Å². The van der Waals surface area contributed by atoms with Crippen LogP contribution in [0.25, 0.3) is 0 Å². The lowest BCUT2D eigenvalue weighted by Gasteiger charge is -2.23. The number of benzene rings is 1. The zero-order chi connectivity index (χ0) is 18.3. The Kier molecular flexibility index (Phi) is 4.19. The van der Waals surface area contributed by atoms with Gasteiger partial charge < -0.3 is 4.84 Å². The topological polar surface area (TPSA) is 127 Å². The van der Waals surface area contributed by atoms with Gasteiger partial charge in [0, 0.05) is 0 Å². The van der Waals surface area contributed by atoms with Crippen LogP contribution in [0, 0.1) is 5.41 Å². The Bertz CT molecular complexity index is 823. The Morgan fingerprint density at radius 3 is 1.96 bits per heavy atom. The standard InChI is InChI=1S/C14H14N2O7S/c1-14(2,12(19)15-24(3,21)22)13(20)23-16-10(17)8-6-4-5-7-9(8)11(16)18/h4-7H,1-3H3,(H,15,19). The van der Waals surface area contributed by atoms with Crippen LogP contribution < -0.4 is 4.72 Å². The highest BCUT2D eigenvalue weighted by atomic mass is 32.2. The van der Waals surface area contributed by atoms with Crippen LogP contribution in [-0.2, 0) is 24.4 Å². The van der Waals surface area contributed by atoms with E-state index in [1.807, 2.05) is 0 Å². The molecule has 0 atom stereocenters. The number of rotatable bonds is 4. The molecular formula is C14H14N2O7S. The smallest absolute Gasteiger partial charge is 0.329 e. The van der Waals surface area contributed by atoms with Gasteiger partial charge in [0.1, 0.15) is 5.41 Å². The van der Waals surface area contributed by atoms with Crippen molar-refractivity contribution in [2.75, 3.05) is 6.26 Å². The van der Waals surface area contributed by atoms with Crippen molar-refractivity contribution in [1.29, 1.82) is 0 Å². The quantitative estimate of drug-likeness (QED) is 0.588. The van der Waals surface area contributed by atoms with Crippen LogP contribution in [0.3, 0.4) is 0 Å². The molecule has 0 spiro atoms. The lowest BCUT2D eigenvalue weighted by molar-refractivity contribution is -0.180. The van der Waals surface area contributed by atoms with Crippen molar-refractivity contribution in [2.24, 2.45) is 5.41 Å². The number of imide groups is 1. The summed E-state index contributed by atoms with van der Waals surface area (Å²) in [7, 11) is -3.89. The lowest BCUT2D eigenvalue weighted by atomic mass is 9.93. The number of nitrogens with zero attached hydrogens (tertiary/aromatic N) is 1. The van der Waals surface area contributed by atoms with Gasteiger partial charge in [0.2, 0.25) is 15.9 Å². The van der Waals surface area contributed by atoms with E-state index in [4.69, 9.17) is 4.84 Å². The van der Waals surface area contributed by atoms with Gasteiger partial charge in [-0.15, -0.1) is 0 Å². The molecule has 1 aliphatic heterocycles. The molecule has 0 fully saturated rings. The molecule has 0 radical (unpaired) electrons. The number of hydroxylamine groups is 2. The monoisotopic (exact) mass is 354 g/mol. The SMILES string of the molecule is CC(C)(C(=O)NS(C)(=O)=O)C(=O)ON1C(=O)c2ccccc2C1=O. The molecule has 1 aromatic rings. The molecule has 3 amide bonds. The second-order valence-electron chi connectivity index (χ2n) is 5.66. The molecule has 9 nitrogen and oxygen atoms in total. The summed E-state index contributed by atoms with van der Waals surface area (Å²) in [5.41, 5.74) is -1.82. The predicted octanol–water partition coefficient (Wildman–Crippen LogP) is -0.157. The molecule has 1 aliphatic rings. The number of hydrogen-bond acceptors (Lipinski definition) is 7. The van der Waals surface area contributed by atoms with Crippen molar-refractivity contribution in [1.82, 2.24) is 9.79 Å². The van der Waals surface area contributed by atoms with E-state index < -0.39 is 39.1 Å². The number of sulfonamides is 1. The zero-order valence-electron chi connectivity index (χ0n) is 13.0. The van der Waals surface area contributed by atoms with Crippen molar-refractivity contribution in [2.45, 2.75) is 13.8 Å². The third kappa shape index (κ3) is 3.13. The molecule has 0 aliphatic carbocycles. The second kappa shape index (κ2) is 5.71. The molecule has 2 rings (SSSR count). The average Bonchev–Trinajstić information content (AvgIpc) is 2.71. The number of nitrogens with one attached hydrogen (secondary N) is 1. The maximum atomic E-state index is 12.2. The third-order valence-electron chi connectivity index (χ3n) is 3.29. The molecule has 0 saturated carbocycles. The number of amides is 3. The zero-order valence-corrected chi connectivity index (χ0v) is 13.8. The van der Waals surface area contributed by atoms with Gasteiger partial charge in [-0.05, 0) is 26.0 Å². The van der Waals surface area contributed by atoms with E-state index in [1.165, 1.54) is 12.1 Å². The van der Waals surface area contributed by atoms with Gasteiger partial charge in [0.25, 0.3) is 11.8 Å². The summed E-state index contributed by atoms with van der Waals surface area (Å²) >= 11 is 0. The van der Waals surface area contributed by atoms with E-state index in [1.54, 1.807) is 16.9 Å². The molecule has 0 unspecified atom stereocenters. The van der Waals surface area contributed by atoms with Crippen LogP contribution in [0.2, 0.25) is 0 Å². The van der Waals surface area contributed by atoms with Gasteiger partial charge in [-0.1, -0.05) is 17.2 Å². The first kappa shape index (κ1) is 17.6. The maximum absolute atomic E-state index is 12.2. The Labute approximate surface area is 137 Å². The Morgan fingerprint density at radius 1 is 1.08 bits per heavy atom. The van der Waals surface area contributed by atoms with Gasteiger partial charge in [-0.25, -0.2) is 13.2 Å². The first-order valence-electron chi connectivity index (χ1n) is 6.67. The normalized spacial score (nSPS) is 14.4. The first-order valence-corrected chi connectivity index (χ1v) is 8.56. The van der Waals surface area contributed by atoms with Crippen LogP contribution >= 0.6 is 0 Å². The summed E-state index contributed by atoms with van der Waals surface area (Å²) in [6.07, 6.45) is 0.747. The van der Waals surface area contributed by atoms with E-state index in [2.05, 4.69) is 0 Å². The Morgan fingerprint density at radius 2 is 1.54 bits per heavy atom. The Hall–Kier alpha value is -2.75. The van der Waals surface area contributed by atoms with Crippen LogP contribution in [0.1, 0.15) is 34.6 Å². The highest BCUT2D eigenvalue weighted by Gasteiger charge is 2.45. The number of carbonyl (C=O) groups is 4. The third-order valence-corrected chi connectivity index (χ3v) is 3.84. The minimum Gasteiger partial charge on any atom is -0.329 e. The fraction of sp³-hybridized carbons (Fsp3) is 0.286. The van der Waals surface area contributed by atoms with Crippen molar-refractivity contribution in [3.63, 3.8) is 0 Å². The number of carbonyl (C=O) groups excluding carboxylic acids is 4. The minimum absolute atomic E-state index is 0.0636. The summed E-state index contributed by atoms with van der Waals surface area (Å²) in [5.74, 6) is -4.09. The average molecular weight is 354 g/mol. The van der Waals surface area contributed by atoms with Gasteiger partial charge in [-0.3, -0.25) is 19.1 Å². The van der Waals surface area contributed by atoms with Crippen molar-refractivity contribution < 1.29 is 32.4 Å². The largest absolute Gasteiger partial charge is 0.348 e. The van der Waals surface area contributed by atoms with E-state index in [9.17, 15) is 27.6 Å². The molecule has 0 aromatic heterocycles. The molecule has 10 heteroatoms. The van der Waals surface area contributed by atoms with E-state index >= 15 is 0 Å². The van der Waals surface area contributed by atoms with Crippen molar-refractivity contribution >= 4 is 33.7 Å². The molecule has 1 aromatic carbocycles. The predicted molar refractivity (Wildman–Crippen MR) is 79.8 cm³/mol. The number of fused-ring (bicyclic) bond motifs is 1. The van der Waals surface area contributed by atoms with E-state index in [0.717, 1.165) is 20.1 Å². The van der Waals surface area contributed by atoms with Crippen LogP contribution in [0.5, 0.6) is 0 Å². The summed E-state index contributed by atoms with van der Waals surface area (Å²) in [6, 6.07) is 5.87. The number of hydrogen-bond donors (Lipinski definition) is 1. The highest BCUT2D eigenvalue weighted by molar-refractivity contribution is 7.89. The van der Waals surface area contributed by atoms with E-state index in [0.29, 0.717) is 0 Å². The highest BCUT2D eigenvalue weighted by Crippen LogP contribution is 2.25. The van der Waals surface area contributed by atoms with Gasteiger partial charge in [0.15, 0.2) is 0 Å². The van der Waals surface area contributed by atoms with Gasteiger partial charge in [-0.2, -0.15) is 0 Å². The first-order chi connectivity index (χ1) is 10.9. The summed E-state index contributed by atoms with van der Waals surface area (Å²) in [6.45, 7) is 2.21. The summed E-state index contributed by atoms with van der Waals surface area (Å²) < 4.78 is 23.9. The maximum Gasteiger partial charge on any atom is 0.348 e. The van der Waals surface area contributed by atoms with Gasteiger partial charge >= 0.3 is 5.97 Å². The molecule has 24 heavy (non-hydrogen) atoms. The fourth-order valence-corrected chi connectivity index (χ4v) is 2.43. The molecule has 0 bridgehead atoms. The minimum atomic E-state index is -3.89. The second-order valence-corrected chi connectivity index (χ2v) is 7.41. The molecular weight excluding hydrogens is 340 g/mol. The fourth-order valence-electron chi connectivity index (χ4n) is 1.84. The van der Waals surface area contributed by atoms with Crippen LogP contribution in [0.15, 0.2) is 24.3 Å². The molecule has 0 saturated heterocycles. The van der Waals surface area contributed by atoms with Crippen molar-refractivity contribution in [3.05, 3.63) is 35.4 Å². The molecule has 1 heterocycles. The summed E-state index contributed by atoms with van der Waals surface area (Å²) in [5, 5.41) is 0.252. The summed E-state index contributed by atoms with van der Waals surface area (Å²) in [4.78, 5) is 53.0. The van der Waals surface area contributed by atoms with Crippen LogP contribution in [-0.4, -0.2) is 43.4 Å².